The van der Waals surface area contributed by atoms with E-state index in [2.05, 4.69) is 9.51 Å². The Morgan fingerprint density at radius 3 is 2.52 bits per heavy atom. The van der Waals surface area contributed by atoms with Crippen molar-refractivity contribution in [3.8, 4) is 0 Å². The summed E-state index contributed by atoms with van der Waals surface area (Å²) in [4.78, 5) is 14.8. The molecule has 0 amide bonds. The third kappa shape index (κ3) is 4.64. The first-order valence-electron chi connectivity index (χ1n) is 6.42. The standard InChI is InChI=1S/C10H11Cl2F3N3O6P/c11-25(12,22)23-2-4-5(19)6(20)8(24-4)18-1-3(10(13,14)15)7(16)17-9(18)21/h1,4-6,8,19-20H,2H2,(H2,16,17,21)/t4-,5?,6+,8-/m1/s1. The number of nitrogen functional groups attached to an aromatic ring is 1. The van der Waals surface area contributed by atoms with Gasteiger partial charge in [-0.3, -0.25) is 9.13 Å². The molecule has 2 rings (SSSR count). The number of ether oxygens (including phenoxy) is 1. The highest BCUT2D eigenvalue weighted by atomic mass is 35.9. The number of alkyl halides is 3. The van der Waals surface area contributed by atoms with Crippen LogP contribution in [-0.2, 0) is 20.0 Å². The summed E-state index contributed by atoms with van der Waals surface area (Å²) in [5.41, 5.74) is 2.41. The van der Waals surface area contributed by atoms with Crippen LogP contribution in [0.5, 0.6) is 0 Å². The molecule has 9 nitrogen and oxygen atoms in total. The van der Waals surface area contributed by atoms with E-state index in [9.17, 15) is 32.7 Å². The maximum atomic E-state index is 12.9. The van der Waals surface area contributed by atoms with Crippen molar-refractivity contribution >= 4 is 34.4 Å². The molecular formula is C10H11Cl2F3N3O6P. The SMILES string of the molecule is Nc1nc(=O)n([C@@H]2O[C@H](COP(=O)(Cl)Cl)C(O)[C@@H]2O)cc1C(F)(F)F. The first-order valence-corrected chi connectivity index (χ1v) is 9.86. The van der Waals surface area contributed by atoms with E-state index in [0.29, 0.717) is 10.8 Å². The van der Waals surface area contributed by atoms with Crippen molar-refractivity contribution in [3.05, 3.63) is 22.2 Å². The Morgan fingerprint density at radius 1 is 1.40 bits per heavy atom. The summed E-state index contributed by atoms with van der Waals surface area (Å²) in [7, 11) is 0. The van der Waals surface area contributed by atoms with Crippen LogP contribution in [0.25, 0.3) is 0 Å². The van der Waals surface area contributed by atoms with Crippen molar-refractivity contribution in [3.63, 3.8) is 0 Å². The summed E-state index contributed by atoms with van der Waals surface area (Å²) in [6.45, 7) is -0.651. The van der Waals surface area contributed by atoms with Gasteiger partial charge >= 0.3 is 17.9 Å². The molecule has 0 saturated carbocycles. The van der Waals surface area contributed by atoms with E-state index < -0.39 is 60.5 Å². The first-order chi connectivity index (χ1) is 11.3. The Hall–Kier alpha value is -0.880. The van der Waals surface area contributed by atoms with E-state index in [1.54, 1.807) is 0 Å². The van der Waals surface area contributed by atoms with Gasteiger partial charge in [0.2, 0.25) is 0 Å². The maximum Gasteiger partial charge on any atom is 0.421 e. The van der Waals surface area contributed by atoms with Crippen molar-refractivity contribution in [2.45, 2.75) is 30.7 Å². The predicted octanol–water partition coefficient (Wildman–Crippen LogP) is 1.07. The smallest absolute Gasteiger partial charge is 0.387 e. The van der Waals surface area contributed by atoms with E-state index >= 15 is 0 Å². The average molecular weight is 428 g/mol. The third-order valence-corrected chi connectivity index (χ3v) is 4.32. The number of aliphatic hydroxyl groups excluding tert-OH is 2. The van der Waals surface area contributed by atoms with Crippen LogP contribution in [0, 0.1) is 0 Å². The topological polar surface area (TPSA) is 137 Å². The molecule has 2 heterocycles. The van der Waals surface area contributed by atoms with E-state index in [4.69, 9.17) is 33.0 Å². The molecule has 142 valence electrons. The molecule has 1 aromatic rings. The molecule has 1 aliphatic heterocycles. The Labute approximate surface area is 147 Å². The molecule has 0 bridgehead atoms. The molecule has 0 spiro atoms. The number of nitrogens with zero attached hydrogens (tertiary/aromatic N) is 2. The van der Waals surface area contributed by atoms with Gasteiger partial charge in [0.15, 0.2) is 6.23 Å². The maximum absolute atomic E-state index is 12.9. The monoisotopic (exact) mass is 427 g/mol. The fourth-order valence-corrected chi connectivity index (χ4v) is 2.80. The van der Waals surface area contributed by atoms with Gasteiger partial charge in [-0.15, -0.1) is 0 Å². The van der Waals surface area contributed by atoms with Gasteiger partial charge in [-0.2, -0.15) is 18.2 Å². The Balaban J connectivity index is 2.33. The second-order valence-electron chi connectivity index (χ2n) is 4.98. The number of nitrogens with two attached hydrogens (primary N) is 1. The lowest BCUT2D eigenvalue weighted by molar-refractivity contribution is -0.138. The molecule has 0 radical (unpaired) electrons. The van der Waals surface area contributed by atoms with Gasteiger partial charge < -0.3 is 25.2 Å². The summed E-state index contributed by atoms with van der Waals surface area (Å²) < 4.78 is 59.7. The lowest BCUT2D eigenvalue weighted by atomic mass is 10.1. The van der Waals surface area contributed by atoms with Crippen LogP contribution in [0.4, 0.5) is 19.0 Å². The largest absolute Gasteiger partial charge is 0.421 e. The molecule has 0 aliphatic carbocycles. The summed E-state index contributed by atoms with van der Waals surface area (Å²) in [6, 6.07) is 0. The van der Waals surface area contributed by atoms with Gasteiger partial charge in [-0.1, -0.05) is 0 Å². The van der Waals surface area contributed by atoms with Crippen molar-refractivity contribution in [1.29, 1.82) is 0 Å². The summed E-state index contributed by atoms with van der Waals surface area (Å²) in [5, 5.41) is 19.8. The number of aliphatic hydroxyl groups is 2. The molecule has 4 atom stereocenters. The molecule has 4 N–H and O–H groups in total. The molecule has 1 fully saturated rings. The van der Waals surface area contributed by atoms with Crippen LogP contribution in [0.1, 0.15) is 11.8 Å². The Bertz CT molecular complexity index is 756. The van der Waals surface area contributed by atoms with Gasteiger partial charge in [0, 0.05) is 6.20 Å². The van der Waals surface area contributed by atoms with Gasteiger partial charge in [0.1, 0.15) is 29.7 Å². The molecule has 1 unspecified atom stereocenters. The van der Waals surface area contributed by atoms with E-state index in [1.807, 2.05) is 0 Å². The van der Waals surface area contributed by atoms with Gasteiger partial charge in [-0.25, -0.2) is 4.79 Å². The van der Waals surface area contributed by atoms with Crippen LogP contribution < -0.4 is 11.4 Å². The van der Waals surface area contributed by atoms with Crippen LogP contribution in [-0.4, -0.2) is 44.7 Å². The zero-order valence-corrected chi connectivity index (χ0v) is 14.3. The van der Waals surface area contributed by atoms with Crippen molar-refractivity contribution in [2.24, 2.45) is 0 Å². The van der Waals surface area contributed by atoms with E-state index in [-0.39, 0.29) is 0 Å². The molecule has 0 aromatic carbocycles. The summed E-state index contributed by atoms with van der Waals surface area (Å²) in [5.74, 6) is -1.05. The molecule has 15 heteroatoms. The number of halogens is 5. The van der Waals surface area contributed by atoms with Gasteiger partial charge in [-0.05, 0) is 22.5 Å². The molecule has 1 aromatic heterocycles. The molecular weight excluding hydrogens is 417 g/mol. The number of aromatic nitrogens is 2. The first kappa shape index (κ1) is 20.4. The fourth-order valence-electron chi connectivity index (χ4n) is 2.14. The van der Waals surface area contributed by atoms with Crippen molar-refractivity contribution < 1.29 is 37.2 Å². The molecule has 25 heavy (non-hydrogen) atoms. The number of hydrogen-bond acceptors (Lipinski definition) is 8. The lowest BCUT2D eigenvalue weighted by Crippen LogP contribution is -2.37. The van der Waals surface area contributed by atoms with E-state index in [1.165, 1.54) is 0 Å². The minimum atomic E-state index is -4.92. The molecule has 1 saturated heterocycles. The highest BCUT2D eigenvalue weighted by molar-refractivity contribution is 8.05. The van der Waals surface area contributed by atoms with Crippen LogP contribution in [0.3, 0.4) is 0 Å². The van der Waals surface area contributed by atoms with Crippen LogP contribution in [0.15, 0.2) is 11.0 Å². The normalized spacial score (nSPS) is 27.6. The zero-order chi connectivity index (χ0) is 19.2. The molecule has 1 aliphatic rings. The second kappa shape index (κ2) is 7.03. The lowest BCUT2D eigenvalue weighted by Gasteiger charge is -2.19. The van der Waals surface area contributed by atoms with Crippen LogP contribution in [0.2, 0.25) is 0 Å². The second-order valence-corrected chi connectivity index (χ2v) is 9.26. The number of rotatable bonds is 4. The fraction of sp³-hybridized carbons (Fsp3) is 0.600. The minimum absolute atomic E-state index is 0.308. The quantitative estimate of drug-likeness (QED) is 0.606. The average Bonchev–Trinajstić information content (AvgIpc) is 2.71. The predicted molar refractivity (Wildman–Crippen MR) is 79.1 cm³/mol. The summed E-state index contributed by atoms with van der Waals surface area (Å²) >= 11 is 10.3. The number of anilines is 1. The van der Waals surface area contributed by atoms with Crippen molar-refractivity contribution in [1.82, 2.24) is 9.55 Å². The third-order valence-electron chi connectivity index (χ3n) is 3.29. The van der Waals surface area contributed by atoms with Crippen LogP contribution >= 0.6 is 28.6 Å². The van der Waals surface area contributed by atoms with Gasteiger partial charge in [0.05, 0.1) is 6.61 Å². The van der Waals surface area contributed by atoms with Crippen molar-refractivity contribution in [2.75, 3.05) is 12.3 Å². The number of hydrogen-bond donors (Lipinski definition) is 3. The summed E-state index contributed by atoms with van der Waals surface area (Å²) in [6.07, 6.45) is -15.2. The Morgan fingerprint density at radius 2 is 2.00 bits per heavy atom. The highest BCUT2D eigenvalue weighted by Gasteiger charge is 2.46. The van der Waals surface area contributed by atoms with Gasteiger partial charge in [0.25, 0.3) is 0 Å². The van der Waals surface area contributed by atoms with E-state index in [0.717, 1.165) is 0 Å². The highest BCUT2D eigenvalue weighted by Crippen LogP contribution is 2.57. The zero-order valence-electron chi connectivity index (χ0n) is 11.9. The Kier molecular flexibility index (Phi) is 5.74. The minimum Gasteiger partial charge on any atom is -0.387 e.